The molecule has 1 aliphatic rings. The van der Waals surface area contributed by atoms with Crippen LogP contribution in [0, 0.1) is 5.92 Å². The second-order valence-electron chi connectivity index (χ2n) is 7.58. The van der Waals surface area contributed by atoms with Crippen molar-refractivity contribution in [3.05, 3.63) is 29.8 Å². The number of nitrogens with two attached hydrogens (primary N) is 1. The van der Waals surface area contributed by atoms with Crippen molar-refractivity contribution >= 4 is 23.4 Å². The Labute approximate surface area is 165 Å². The molecular weight excluding hydrogens is 360 g/mol. The fourth-order valence-electron chi connectivity index (χ4n) is 3.02. The number of hydrogen-bond acceptors (Lipinski definition) is 5. The van der Waals surface area contributed by atoms with E-state index in [0.29, 0.717) is 24.3 Å². The standard InChI is InChI=1S/C20H30N4O4/c1-12(2)18(21)19(26)22-9-17(25)23-16-7-5-15(6-8-16)20(27)24-10-13(3)28-14(4)11-24/h5-8,12-14,18H,9-11,21H2,1-4H3,(H,22,26)(H,23,25)/t13?,14?,18-/m0/s1. The van der Waals surface area contributed by atoms with Crippen LogP contribution in [-0.2, 0) is 14.3 Å². The highest BCUT2D eigenvalue weighted by molar-refractivity contribution is 5.97. The molecule has 3 amide bonds. The highest BCUT2D eigenvalue weighted by atomic mass is 16.5. The third kappa shape index (κ3) is 6.03. The topological polar surface area (TPSA) is 114 Å². The lowest BCUT2D eigenvalue weighted by Gasteiger charge is -2.35. The van der Waals surface area contributed by atoms with Gasteiger partial charge in [0.25, 0.3) is 5.91 Å². The molecule has 28 heavy (non-hydrogen) atoms. The largest absolute Gasteiger partial charge is 0.372 e. The third-order valence-corrected chi connectivity index (χ3v) is 4.57. The van der Waals surface area contributed by atoms with Crippen molar-refractivity contribution in [2.75, 3.05) is 25.0 Å². The molecule has 8 nitrogen and oxygen atoms in total. The molecule has 0 bridgehead atoms. The molecule has 1 heterocycles. The van der Waals surface area contributed by atoms with Crippen LogP contribution in [0.3, 0.4) is 0 Å². The van der Waals surface area contributed by atoms with E-state index < -0.39 is 6.04 Å². The number of nitrogens with one attached hydrogen (secondary N) is 2. The number of nitrogens with zero attached hydrogens (tertiary/aromatic N) is 1. The van der Waals surface area contributed by atoms with Crippen molar-refractivity contribution in [2.24, 2.45) is 11.7 Å². The molecule has 2 rings (SSSR count). The molecule has 154 valence electrons. The van der Waals surface area contributed by atoms with Gasteiger partial charge >= 0.3 is 0 Å². The molecule has 1 aromatic carbocycles. The molecule has 8 heteroatoms. The van der Waals surface area contributed by atoms with Crippen molar-refractivity contribution in [1.82, 2.24) is 10.2 Å². The summed E-state index contributed by atoms with van der Waals surface area (Å²) in [4.78, 5) is 38.2. The zero-order chi connectivity index (χ0) is 20.8. The number of amides is 3. The second kappa shape index (κ2) is 9.66. The summed E-state index contributed by atoms with van der Waals surface area (Å²) in [6.07, 6.45) is 0.00979. The molecule has 1 saturated heterocycles. The van der Waals surface area contributed by atoms with Crippen molar-refractivity contribution in [2.45, 2.75) is 45.9 Å². The molecule has 0 aromatic heterocycles. The van der Waals surface area contributed by atoms with E-state index in [1.54, 1.807) is 29.2 Å². The molecule has 0 aliphatic carbocycles. The average molecular weight is 390 g/mol. The van der Waals surface area contributed by atoms with E-state index in [0.717, 1.165) is 0 Å². The van der Waals surface area contributed by atoms with Crippen LogP contribution in [0.1, 0.15) is 38.1 Å². The van der Waals surface area contributed by atoms with E-state index in [4.69, 9.17) is 10.5 Å². The molecule has 1 fully saturated rings. The maximum Gasteiger partial charge on any atom is 0.254 e. The van der Waals surface area contributed by atoms with Crippen LogP contribution in [0.25, 0.3) is 0 Å². The average Bonchev–Trinajstić information content (AvgIpc) is 2.64. The van der Waals surface area contributed by atoms with E-state index in [2.05, 4.69) is 10.6 Å². The summed E-state index contributed by atoms with van der Waals surface area (Å²) in [6, 6.07) is 6.04. The molecule has 1 aliphatic heterocycles. The molecule has 3 atom stereocenters. The van der Waals surface area contributed by atoms with Gasteiger partial charge in [-0.05, 0) is 44.0 Å². The first kappa shape index (κ1) is 21.8. The Morgan fingerprint density at radius 3 is 2.25 bits per heavy atom. The summed E-state index contributed by atoms with van der Waals surface area (Å²) in [5.41, 5.74) is 6.84. The fourth-order valence-corrected chi connectivity index (χ4v) is 3.02. The van der Waals surface area contributed by atoms with Crippen LogP contribution < -0.4 is 16.4 Å². The van der Waals surface area contributed by atoms with Crippen LogP contribution >= 0.6 is 0 Å². The Morgan fingerprint density at radius 1 is 1.14 bits per heavy atom. The van der Waals surface area contributed by atoms with Crippen molar-refractivity contribution in [3.63, 3.8) is 0 Å². The summed E-state index contributed by atoms with van der Waals surface area (Å²) in [6.45, 7) is 8.52. The summed E-state index contributed by atoms with van der Waals surface area (Å²) in [5, 5.41) is 5.20. The molecule has 0 radical (unpaired) electrons. The molecule has 0 spiro atoms. The lowest BCUT2D eigenvalue weighted by molar-refractivity contribution is -0.125. The Bertz CT molecular complexity index is 695. The maximum absolute atomic E-state index is 12.6. The van der Waals surface area contributed by atoms with E-state index in [9.17, 15) is 14.4 Å². The first-order valence-electron chi connectivity index (χ1n) is 9.55. The van der Waals surface area contributed by atoms with Gasteiger partial charge in [-0.15, -0.1) is 0 Å². The van der Waals surface area contributed by atoms with Gasteiger partial charge in [0.2, 0.25) is 11.8 Å². The number of rotatable bonds is 6. The number of benzene rings is 1. The quantitative estimate of drug-likeness (QED) is 0.670. The zero-order valence-electron chi connectivity index (χ0n) is 16.9. The molecule has 1 aromatic rings. The van der Waals surface area contributed by atoms with Crippen LogP contribution in [0.4, 0.5) is 5.69 Å². The minimum Gasteiger partial charge on any atom is -0.372 e. The SMILES string of the molecule is CC1CN(C(=O)c2ccc(NC(=O)CNC(=O)[C@@H](N)C(C)C)cc2)CC(C)O1. The van der Waals surface area contributed by atoms with Gasteiger partial charge < -0.3 is 26.0 Å². The van der Waals surface area contributed by atoms with Gasteiger partial charge in [0, 0.05) is 24.3 Å². The van der Waals surface area contributed by atoms with Crippen LogP contribution in [-0.4, -0.2) is 60.5 Å². The van der Waals surface area contributed by atoms with Crippen molar-refractivity contribution < 1.29 is 19.1 Å². The van der Waals surface area contributed by atoms with E-state index in [-0.39, 0.29) is 42.4 Å². The second-order valence-corrected chi connectivity index (χ2v) is 7.58. The normalized spacial score (nSPS) is 20.6. The first-order chi connectivity index (χ1) is 13.2. The Kier molecular flexibility index (Phi) is 7.53. The molecule has 2 unspecified atom stereocenters. The Hall–Kier alpha value is -2.45. The first-order valence-corrected chi connectivity index (χ1v) is 9.55. The van der Waals surface area contributed by atoms with Crippen LogP contribution in [0.15, 0.2) is 24.3 Å². The van der Waals surface area contributed by atoms with Crippen LogP contribution in [0.5, 0.6) is 0 Å². The molecule has 4 N–H and O–H groups in total. The number of hydrogen-bond donors (Lipinski definition) is 3. The highest BCUT2D eigenvalue weighted by Gasteiger charge is 2.26. The van der Waals surface area contributed by atoms with Gasteiger partial charge in [-0.3, -0.25) is 14.4 Å². The smallest absolute Gasteiger partial charge is 0.254 e. The van der Waals surface area contributed by atoms with Gasteiger partial charge in [0.05, 0.1) is 24.8 Å². The predicted molar refractivity (Wildman–Crippen MR) is 107 cm³/mol. The van der Waals surface area contributed by atoms with Gasteiger partial charge in [0.15, 0.2) is 0 Å². The van der Waals surface area contributed by atoms with Gasteiger partial charge in [-0.25, -0.2) is 0 Å². The van der Waals surface area contributed by atoms with Crippen molar-refractivity contribution in [1.29, 1.82) is 0 Å². The minimum absolute atomic E-state index is 0.00489. The van der Waals surface area contributed by atoms with Crippen LogP contribution in [0.2, 0.25) is 0 Å². The number of ether oxygens (including phenoxy) is 1. The Morgan fingerprint density at radius 2 is 1.71 bits per heavy atom. The third-order valence-electron chi connectivity index (χ3n) is 4.57. The van der Waals surface area contributed by atoms with Gasteiger partial charge in [-0.1, -0.05) is 13.8 Å². The lowest BCUT2D eigenvalue weighted by Crippen LogP contribution is -2.48. The summed E-state index contributed by atoms with van der Waals surface area (Å²) in [7, 11) is 0. The summed E-state index contributed by atoms with van der Waals surface area (Å²) >= 11 is 0. The zero-order valence-corrected chi connectivity index (χ0v) is 16.9. The molecular formula is C20H30N4O4. The van der Waals surface area contributed by atoms with E-state index in [1.807, 2.05) is 27.7 Å². The fraction of sp³-hybridized carbons (Fsp3) is 0.550. The maximum atomic E-state index is 12.6. The monoisotopic (exact) mass is 390 g/mol. The van der Waals surface area contributed by atoms with E-state index >= 15 is 0 Å². The number of morpholine rings is 1. The Balaban J connectivity index is 1.87. The lowest BCUT2D eigenvalue weighted by atomic mass is 10.1. The minimum atomic E-state index is -0.649. The van der Waals surface area contributed by atoms with Crippen molar-refractivity contribution in [3.8, 4) is 0 Å². The van der Waals surface area contributed by atoms with Gasteiger partial charge in [-0.2, -0.15) is 0 Å². The highest BCUT2D eigenvalue weighted by Crippen LogP contribution is 2.16. The summed E-state index contributed by atoms with van der Waals surface area (Å²) < 4.78 is 5.65. The predicted octanol–water partition coefficient (Wildman–Crippen LogP) is 0.974. The number of anilines is 1. The van der Waals surface area contributed by atoms with E-state index in [1.165, 1.54) is 0 Å². The van der Waals surface area contributed by atoms with Gasteiger partial charge in [0.1, 0.15) is 0 Å². The summed E-state index contributed by atoms with van der Waals surface area (Å²) in [5.74, 6) is -0.792. The number of carbonyl (C=O) groups is 3. The number of carbonyl (C=O) groups excluding carboxylic acids is 3. The molecule has 0 saturated carbocycles.